The van der Waals surface area contributed by atoms with Gasteiger partial charge in [0.2, 0.25) is 12.0 Å². The van der Waals surface area contributed by atoms with Crippen LogP contribution in [0.3, 0.4) is 0 Å². The molecule has 0 saturated heterocycles. The van der Waals surface area contributed by atoms with Crippen LogP contribution < -0.4 is 15.6 Å². The Hall–Kier alpha value is -1.06. The minimum Gasteiger partial charge on any atom is -0.271 e. The molecule has 9 heavy (non-hydrogen) atoms. The van der Waals surface area contributed by atoms with Gasteiger partial charge in [0.15, 0.2) is 0 Å². The van der Waals surface area contributed by atoms with E-state index in [1.807, 2.05) is 0 Å². The molecule has 0 aromatic rings. The number of nitrogens with zero attached hydrogens (tertiary/aromatic N) is 2. The maximum Gasteiger partial charge on any atom is 0.509 e. The average Bonchev–Trinajstić information content (AvgIpc) is 1.59. The van der Waals surface area contributed by atoms with Crippen LogP contribution >= 0.6 is 0 Å². The third kappa shape index (κ3) is 1.42. The molecule has 48 valence electrons. The molecule has 2 radical (unpaired) electrons. The van der Waals surface area contributed by atoms with Gasteiger partial charge in [0.05, 0.1) is 0 Å². The highest BCUT2D eigenvalue weighted by molar-refractivity contribution is 5.92. The molecule has 1 N–H and O–H groups in total. The summed E-state index contributed by atoms with van der Waals surface area (Å²) < 4.78 is 0. The summed E-state index contributed by atoms with van der Waals surface area (Å²) in [6.45, 7) is 3.54. The van der Waals surface area contributed by atoms with Gasteiger partial charge in [0.1, 0.15) is 0 Å². The van der Waals surface area contributed by atoms with Crippen LogP contribution in [0.2, 0.25) is 0 Å². The van der Waals surface area contributed by atoms with Crippen LogP contribution in [0.5, 0.6) is 0 Å². The van der Waals surface area contributed by atoms with Gasteiger partial charge in [-0.25, -0.2) is 4.79 Å². The maximum absolute atomic E-state index is 10.5. The van der Waals surface area contributed by atoms with E-state index in [0.717, 1.165) is 0 Å². The Morgan fingerprint density at radius 1 is 1.78 bits per heavy atom. The molecule has 1 unspecified atom stereocenters. The van der Waals surface area contributed by atoms with Crippen LogP contribution in [0, 0.1) is 0 Å². The van der Waals surface area contributed by atoms with Crippen molar-refractivity contribution >= 4 is 11.9 Å². The number of aliphatic imine (C=N–C) groups is 1. The van der Waals surface area contributed by atoms with Crippen LogP contribution in [-0.4, -0.2) is 18.0 Å². The van der Waals surface area contributed by atoms with Gasteiger partial charge in [0, 0.05) is 13.8 Å². The van der Waals surface area contributed by atoms with Crippen LogP contribution in [0.15, 0.2) is 0 Å². The average molecular weight is 126 g/mol. The highest BCUT2D eigenvalue weighted by Crippen LogP contribution is 1.83. The molecule has 0 spiro atoms. The first kappa shape index (κ1) is 6.07. The van der Waals surface area contributed by atoms with Gasteiger partial charge in [-0.05, 0) is 4.99 Å². The minimum atomic E-state index is -0.390. The number of nitrogens with one attached hydrogen (secondary N) is 1. The third-order valence-electron chi connectivity index (χ3n) is 0.985. The van der Waals surface area contributed by atoms with E-state index < -0.39 is 6.03 Å². The molecule has 1 aliphatic heterocycles. The van der Waals surface area contributed by atoms with Gasteiger partial charge in [0.25, 0.3) is 0 Å². The minimum absolute atomic E-state index is 0.116. The number of carbonyl (C=O) groups is 1. The summed E-state index contributed by atoms with van der Waals surface area (Å²) in [5.74, 6) is 0.641. The Balaban J connectivity index is 2.67. The van der Waals surface area contributed by atoms with Crippen molar-refractivity contribution in [3.63, 3.8) is 0 Å². The summed E-state index contributed by atoms with van der Waals surface area (Å²) >= 11 is 0. The molecule has 0 aromatic heterocycles. The molecule has 0 fully saturated rings. The Bertz CT molecular complexity index is 164. The van der Waals surface area contributed by atoms with E-state index in [4.69, 9.17) is 0 Å². The monoisotopic (exact) mass is 126 g/mol. The van der Waals surface area contributed by atoms with E-state index in [0.29, 0.717) is 5.84 Å². The van der Waals surface area contributed by atoms with E-state index in [9.17, 15) is 4.79 Å². The molecule has 1 aliphatic rings. The largest absolute Gasteiger partial charge is 0.509 e. The predicted molar refractivity (Wildman–Crippen MR) is 32.9 cm³/mol. The van der Waals surface area contributed by atoms with Gasteiger partial charge >= 0.3 is 6.03 Å². The van der Waals surface area contributed by atoms with E-state index in [2.05, 4.69) is 15.6 Å². The molecule has 4 nitrogen and oxygen atoms in total. The number of amidine groups is 1. The summed E-state index contributed by atoms with van der Waals surface area (Å²) in [7, 11) is 0. The molecule has 0 aliphatic carbocycles. The molecule has 0 bridgehead atoms. The second kappa shape index (κ2) is 2.05. The third-order valence-corrected chi connectivity index (χ3v) is 0.985. The summed E-state index contributed by atoms with van der Waals surface area (Å²) in [6.07, 6.45) is -0.116. The lowest BCUT2D eigenvalue weighted by Gasteiger charge is -2.05. The predicted octanol–water partition coefficient (Wildman–Crippen LogP) is -0.586. The van der Waals surface area contributed by atoms with Crippen LogP contribution in [0.1, 0.15) is 13.8 Å². The Labute approximate surface area is 53.3 Å². The Morgan fingerprint density at radius 3 is 2.89 bits per heavy atom. The van der Waals surface area contributed by atoms with Crippen molar-refractivity contribution in [2.75, 3.05) is 0 Å². The van der Waals surface area contributed by atoms with E-state index in [1.54, 1.807) is 13.8 Å². The number of rotatable bonds is 0. The van der Waals surface area contributed by atoms with Gasteiger partial charge in [-0.15, -0.1) is 0 Å². The van der Waals surface area contributed by atoms with Gasteiger partial charge in [-0.3, -0.25) is 5.32 Å². The molecule has 1 heterocycles. The number of amides is 2. The molecule has 2 amide bonds. The van der Waals surface area contributed by atoms with E-state index in [1.165, 1.54) is 0 Å². The topological polar surface area (TPSA) is 57.3 Å². The van der Waals surface area contributed by atoms with Crippen LogP contribution in [0.4, 0.5) is 4.79 Å². The molecular formula is C5H8N3O+. The van der Waals surface area contributed by atoms with Crippen molar-refractivity contribution in [2.45, 2.75) is 20.0 Å². The molecule has 0 aromatic carbocycles. The second-order valence-corrected chi connectivity index (χ2v) is 1.93. The first-order chi connectivity index (χ1) is 4.18. The molecule has 1 atom stereocenters. The van der Waals surface area contributed by atoms with E-state index in [-0.39, 0.29) is 6.17 Å². The second-order valence-electron chi connectivity index (χ2n) is 1.93. The van der Waals surface area contributed by atoms with Crippen molar-refractivity contribution in [3.05, 3.63) is 0 Å². The highest BCUT2D eigenvalue weighted by Gasteiger charge is 2.25. The zero-order valence-corrected chi connectivity index (χ0v) is 5.38. The molecule has 0 saturated carbocycles. The van der Waals surface area contributed by atoms with Crippen LogP contribution in [0.25, 0.3) is 0 Å². The molecule has 1 rings (SSSR count). The summed E-state index contributed by atoms with van der Waals surface area (Å²) in [5.41, 5.74) is 0. The van der Waals surface area contributed by atoms with Crippen molar-refractivity contribution in [3.8, 4) is 0 Å². The zero-order chi connectivity index (χ0) is 6.85. The first-order valence-electron chi connectivity index (χ1n) is 2.75. The molecular weight excluding hydrogens is 118 g/mol. The van der Waals surface area contributed by atoms with E-state index >= 15 is 0 Å². The summed E-state index contributed by atoms with van der Waals surface area (Å²) in [6, 6.07) is -0.390. The first-order valence-corrected chi connectivity index (χ1v) is 2.75. The Morgan fingerprint density at radius 2 is 2.44 bits per heavy atom. The van der Waals surface area contributed by atoms with Gasteiger partial charge in [-0.2, -0.15) is 0 Å². The quantitative estimate of drug-likeness (QED) is 0.472. The number of carbonyl (C=O) groups excluding carboxylic acids is 1. The zero-order valence-electron chi connectivity index (χ0n) is 5.38. The lowest BCUT2D eigenvalue weighted by atomic mass is 10.5. The Kier molecular flexibility index (Phi) is 1.38. The number of hydrogen-bond donors (Lipinski definition) is 1. The smallest absolute Gasteiger partial charge is 0.271 e. The van der Waals surface area contributed by atoms with Gasteiger partial charge in [-0.1, -0.05) is 5.32 Å². The fourth-order valence-corrected chi connectivity index (χ4v) is 0.705. The summed E-state index contributed by atoms with van der Waals surface area (Å²) in [4.78, 5) is 14.0. The van der Waals surface area contributed by atoms with Crippen molar-refractivity contribution < 1.29 is 4.79 Å². The summed E-state index contributed by atoms with van der Waals surface area (Å²) in [5, 5.41) is 6.47. The lowest BCUT2D eigenvalue weighted by Crippen LogP contribution is -2.48. The normalized spacial score (nSPS) is 26.2. The maximum atomic E-state index is 10.5. The highest BCUT2D eigenvalue weighted by atomic mass is 16.2. The number of urea groups is 1. The SMILES string of the molecule is CC1=[N+]C(=O)[N]C(C)N1. The van der Waals surface area contributed by atoms with Crippen molar-refractivity contribution in [2.24, 2.45) is 0 Å². The van der Waals surface area contributed by atoms with Crippen molar-refractivity contribution in [1.29, 1.82) is 0 Å². The number of hydrogen-bond acceptors (Lipinski definition) is 2. The molecule has 4 heteroatoms. The van der Waals surface area contributed by atoms with Crippen molar-refractivity contribution in [1.82, 2.24) is 15.6 Å². The lowest BCUT2D eigenvalue weighted by molar-refractivity contribution is 0.239. The van der Waals surface area contributed by atoms with Crippen LogP contribution in [-0.2, 0) is 0 Å². The fourth-order valence-electron chi connectivity index (χ4n) is 0.705. The standard InChI is InChI=1S/C5H8N3O/c1-3-6-4(2)8-5(9)7-3/h3,6H,1-2H3/q+1. The fraction of sp³-hybridized carbons (Fsp3) is 0.600. The van der Waals surface area contributed by atoms with Gasteiger partial charge < -0.3 is 0 Å².